The number of likely N-dealkylation sites (tertiary alicyclic amines) is 1. The first-order chi connectivity index (χ1) is 13.3. The minimum atomic E-state index is 0.0487. The van der Waals surface area contributed by atoms with E-state index in [4.69, 9.17) is 9.47 Å². The minimum Gasteiger partial charge on any atom is -0.495 e. The van der Waals surface area contributed by atoms with Crippen molar-refractivity contribution in [2.24, 2.45) is 0 Å². The molecule has 1 aromatic heterocycles. The van der Waals surface area contributed by atoms with E-state index >= 15 is 0 Å². The number of carbonyl (C=O) groups is 1. The van der Waals surface area contributed by atoms with Gasteiger partial charge in [0.2, 0.25) is 0 Å². The van der Waals surface area contributed by atoms with Crippen LogP contribution in [0.25, 0.3) is 0 Å². The topological polar surface area (TPSA) is 54.9 Å². The largest absolute Gasteiger partial charge is 0.495 e. The maximum absolute atomic E-state index is 13.3. The van der Waals surface area contributed by atoms with Crippen molar-refractivity contribution in [3.05, 3.63) is 53.9 Å². The van der Waals surface area contributed by atoms with Crippen molar-refractivity contribution in [2.75, 3.05) is 44.9 Å². The van der Waals surface area contributed by atoms with E-state index in [1.54, 1.807) is 13.3 Å². The number of nitrogens with zero attached hydrogens (tertiary/aromatic N) is 3. The summed E-state index contributed by atoms with van der Waals surface area (Å²) in [5.74, 6) is 0.844. The van der Waals surface area contributed by atoms with Crippen LogP contribution in [-0.4, -0.2) is 55.7 Å². The lowest BCUT2D eigenvalue weighted by Crippen LogP contribution is -2.37. The van der Waals surface area contributed by atoms with E-state index in [1.165, 1.54) is 0 Å². The second-order valence-corrected chi connectivity index (χ2v) is 6.90. The smallest absolute Gasteiger partial charge is 0.254 e. The highest BCUT2D eigenvalue weighted by molar-refractivity contribution is 5.96. The van der Waals surface area contributed by atoms with Gasteiger partial charge in [0.05, 0.1) is 37.7 Å². The molecule has 2 fully saturated rings. The van der Waals surface area contributed by atoms with Crippen LogP contribution >= 0.6 is 0 Å². The Morgan fingerprint density at radius 3 is 2.78 bits per heavy atom. The molecule has 142 valence electrons. The molecular weight excluding hydrogens is 342 g/mol. The van der Waals surface area contributed by atoms with Gasteiger partial charge < -0.3 is 19.3 Å². The highest BCUT2D eigenvalue weighted by atomic mass is 16.5. The first kappa shape index (κ1) is 17.8. The first-order valence-electron chi connectivity index (χ1n) is 9.50. The van der Waals surface area contributed by atoms with Crippen molar-refractivity contribution in [3.8, 4) is 5.75 Å². The van der Waals surface area contributed by atoms with Crippen LogP contribution in [0.1, 0.15) is 34.9 Å². The number of hydrogen-bond acceptors (Lipinski definition) is 5. The van der Waals surface area contributed by atoms with Crippen molar-refractivity contribution in [1.82, 2.24) is 9.88 Å². The van der Waals surface area contributed by atoms with Crippen molar-refractivity contribution in [3.63, 3.8) is 0 Å². The summed E-state index contributed by atoms with van der Waals surface area (Å²) in [6, 6.07) is 11.6. The highest BCUT2D eigenvalue weighted by Gasteiger charge is 2.32. The minimum absolute atomic E-state index is 0.0487. The molecule has 1 atom stereocenters. The van der Waals surface area contributed by atoms with E-state index < -0.39 is 0 Å². The van der Waals surface area contributed by atoms with Gasteiger partial charge in [0.1, 0.15) is 5.75 Å². The molecular formula is C21H25N3O3. The number of methoxy groups -OCH3 is 1. The normalized spacial score (nSPS) is 20.0. The Hall–Kier alpha value is -2.60. The van der Waals surface area contributed by atoms with Gasteiger partial charge in [-0.1, -0.05) is 6.07 Å². The molecule has 2 aromatic rings. The summed E-state index contributed by atoms with van der Waals surface area (Å²) in [4.78, 5) is 21.9. The van der Waals surface area contributed by atoms with E-state index in [0.29, 0.717) is 18.8 Å². The van der Waals surface area contributed by atoms with Crippen LogP contribution in [0, 0.1) is 0 Å². The van der Waals surface area contributed by atoms with E-state index in [2.05, 4.69) is 9.88 Å². The third-order valence-electron chi connectivity index (χ3n) is 5.32. The second kappa shape index (κ2) is 7.96. The maximum atomic E-state index is 13.3. The summed E-state index contributed by atoms with van der Waals surface area (Å²) in [5, 5.41) is 0. The molecule has 0 aliphatic carbocycles. The lowest BCUT2D eigenvalue weighted by Gasteiger charge is -2.31. The van der Waals surface area contributed by atoms with Crippen LogP contribution in [0.4, 0.5) is 5.69 Å². The SMILES string of the molecule is COc1ccc(C(=O)N2CCC[C@H]2c2ccccn2)cc1N1CCOCC1. The standard InChI is InChI=1S/C21H25N3O3/c1-26-20-8-7-16(15-19(20)23-11-13-27-14-12-23)21(25)24-10-4-6-18(24)17-5-2-3-9-22-17/h2-3,5,7-9,15,18H,4,6,10-14H2,1H3/t18-/m0/s1. The van der Waals surface area contributed by atoms with Gasteiger partial charge in [-0.25, -0.2) is 0 Å². The fourth-order valence-corrected chi connectivity index (χ4v) is 3.93. The summed E-state index contributed by atoms with van der Waals surface area (Å²) in [6.07, 6.45) is 3.74. The Morgan fingerprint density at radius 1 is 1.19 bits per heavy atom. The molecule has 0 radical (unpaired) electrons. The number of aromatic nitrogens is 1. The average molecular weight is 367 g/mol. The molecule has 1 amide bonds. The predicted molar refractivity (Wildman–Crippen MR) is 103 cm³/mol. The van der Waals surface area contributed by atoms with Crippen LogP contribution in [-0.2, 0) is 4.74 Å². The molecule has 2 aliphatic rings. The zero-order chi connectivity index (χ0) is 18.6. The molecule has 27 heavy (non-hydrogen) atoms. The number of benzene rings is 1. The van der Waals surface area contributed by atoms with Crippen molar-refractivity contribution < 1.29 is 14.3 Å². The van der Waals surface area contributed by atoms with Gasteiger partial charge in [-0.2, -0.15) is 0 Å². The van der Waals surface area contributed by atoms with Crippen molar-refractivity contribution in [2.45, 2.75) is 18.9 Å². The van der Waals surface area contributed by atoms with Gasteiger partial charge in [-0.3, -0.25) is 9.78 Å². The van der Waals surface area contributed by atoms with Gasteiger partial charge >= 0.3 is 0 Å². The highest BCUT2D eigenvalue weighted by Crippen LogP contribution is 2.34. The van der Waals surface area contributed by atoms with Crippen LogP contribution in [0.15, 0.2) is 42.6 Å². The van der Waals surface area contributed by atoms with Crippen LogP contribution in [0.3, 0.4) is 0 Å². The molecule has 4 rings (SSSR count). The Kier molecular flexibility index (Phi) is 5.25. The molecule has 0 bridgehead atoms. The second-order valence-electron chi connectivity index (χ2n) is 6.90. The van der Waals surface area contributed by atoms with Crippen LogP contribution in [0.2, 0.25) is 0 Å². The molecule has 0 N–H and O–H groups in total. The molecule has 3 heterocycles. The number of anilines is 1. The molecule has 6 heteroatoms. The Bertz CT molecular complexity index is 791. The Labute approximate surface area is 159 Å². The zero-order valence-corrected chi connectivity index (χ0v) is 15.6. The fraction of sp³-hybridized carbons (Fsp3) is 0.429. The van der Waals surface area contributed by atoms with E-state index in [-0.39, 0.29) is 11.9 Å². The number of pyridine rings is 1. The van der Waals surface area contributed by atoms with Crippen molar-refractivity contribution >= 4 is 11.6 Å². The Morgan fingerprint density at radius 2 is 2.04 bits per heavy atom. The lowest BCUT2D eigenvalue weighted by molar-refractivity contribution is 0.0733. The third-order valence-corrected chi connectivity index (χ3v) is 5.32. The number of ether oxygens (including phenoxy) is 2. The average Bonchev–Trinajstić information content (AvgIpc) is 3.24. The number of rotatable bonds is 4. The van der Waals surface area contributed by atoms with Gasteiger partial charge in [0.15, 0.2) is 0 Å². The lowest BCUT2D eigenvalue weighted by atomic mass is 10.1. The van der Waals surface area contributed by atoms with E-state index in [0.717, 1.165) is 49.6 Å². The number of amides is 1. The van der Waals surface area contributed by atoms with Gasteiger partial charge in [-0.05, 0) is 43.2 Å². The van der Waals surface area contributed by atoms with E-state index in [9.17, 15) is 4.79 Å². The maximum Gasteiger partial charge on any atom is 0.254 e. The van der Waals surface area contributed by atoms with E-state index in [1.807, 2.05) is 41.3 Å². The van der Waals surface area contributed by atoms with Crippen LogP contribution in [0.5, 0.6) is 5.75 Å². The molecule has 0 saturated carbocycles. The number of hydrogen-bond donors (Lipinski definition) is 0. The molecule has 0 spiro atoms. The fourth-order valence-electron chi connectivity index (χ4n) is 3.93. The molecule has 0 unspecified atom stereocenters. The van der Waals surface area contributed by atoms with Gasteiger partial charge in [-0.15, -0.1) is 0 Å². The third kappa shape index (κ3) is 3.62. The summed E-state index contributed by atoms with van der Waals surface area (Å²) in [5.41, 5.74) is 2.62. The van der Waals surface area contributed by atoms with Crippen LogP contribution < -0.4 is 9.64 Å². The first-order valence-corrected chi connectivity index (χ1v) is 9.50. The number of carbonyl (C=O) groups excluding carboxylic acids is 1. The molecule has 6 nitrogen and oxygen atoms in total. The monoisotopic (exact) mass is 367 g/mol. The predicted octanol–water partition coefficient (Wildman–Crippen LogP) is 2.90. The van der Waals surface area contributed by atoms with Gasteiger partial charge in [0.25, 0.3) is 5.91 Å². The zero-order valence-electron chi connectivity index (χ0n) is 15.6. The quantitative estimate of drug-likeness (QED) is 0.832. The summed E-state index contributed by atoms with van der Waals surface area (Å²) in [6.45, 7) is 3.74. The van der Waals surface area contributed by atoms with Crippen molar-refractivity contribution in [1.29, 1.82) is 0 Å². The summed E-state index contributed by atoms with van der Waals surface area (Å²) < 4.78 is 11.0. The summed E-state index contributed by atoms with van der Waals surface area (Å²) >= 11 is 0. The molecule has 2 aliphatic heterocycles. The Balaban J connectivity index is 1.61. The van der Waals surface area contributed by atoms with Gasteiger partial charge in [0, 0.05) is 31.4 Å². The number of morpholine rings is 1. The summed E-state index contributed by atoms with van der Waals surface area (Å²) in [7, 11) is 1.67. The molecule has 2 saturated heterocycles. The molecule has 1 aromatic carbocycles.